The summed E-state index contributed by atoms with van der Waals surface area (Å²) >= 11 is 18.0. The molecule has 0 atom stereocenters. The van der Waals surface area contributed by atoms with Crippen LogP contribution in [0.4, 0.5) is 5.69 Å². The quantitative estimate of drug-likeness (QED) is 0.503. The molecular weight excluding hydrogens is 417 g/mol. The monoisotopic (exact) mass is 429 g/mol. The van der Waals surface area contributed by atoms with Crippen LogP contribution in [-0.2, 0) is 10.1 Å². The highest BCUT2D eigenvalue weighted by atomic mass is 35.5. The number of rotatable bonds is 4. The molecule has 0 unspecified atom stereocenters. The normalized spacial score (nSPS) is 11.6. The van der Waals surface area contributed by atoms with Crippen LogP contribution in [0.25, 0.3) is 10.8 Å². The Labute approximate surface area is 167 Å². The SMILES string of the molecule is CN(C)c1cccc2c(S(=O)(=O)Oc3c(Cl)cc(Cl)cc3Cl)cccc12. The zero-order valence-corrected chi connectivity index (χ0v) is 16.9. The number of benzene rings is 3. The summed E-state index contributed by atoms with van der Waals surface area (Å²) in [4.78, 5) is 1.94. The first-order valence-corrected chi connectivity index (χ1v) is 10.0. The van der Waals surface area contributed by atoms with E-state index >= 15 is 0 Å². The number of fused-ring (bicyclic) bond motifs is 1. The average Bonchev–Trinajstić information content (AvgIpc) is 2.57. The maximum absolute atomic E-state index is 12.9. The van der Waals surface area contributed by atoms with Crippen molar-refractivity contribution in [2.45, 2.75) is 4.90 Å². The van der Waals surface area contributed by atoms with Crippen LogP contribution in [0.3, 0.4) is 0 Å². The van der Waals surface area contributed by atoms with Gasteiger partial charge in [-0.05, 0) is 24.3 Å². The van der Waals surface area contributed by atoms with Gasteiger partial charge in [0.25, 0.3) is 0 Å². The number of anilines is 1. The number of hydrogen-bond acceptors (Lipinski definition) is 4. The lowest BCUT2D eigenvalue weighted by Crippen LogP contribution is -2.12. The molecule has 0 saturated carbocycles. The van der Waals surface area contributed by atoms with Gasteiger partial charge in [0, 0.05) is 35.6 Å². The lowest BCUT2D eigenvalue weighted by Gasteiger charge is -2.17. The van der Waals surface area contributed by atoms with Gasteiger partial charge in [0.2, 0.25) is 0 Å². The summed E-state index contributed by atoms with van der Waals surface area (Å²) in [5, 5.41) is 1.64. The second kappa shape index (κ2) is 7.16. The Kier molecular flexibility index (Phi) is 5.26. The smallest absolute Gasteiger partial charge is 0.339 e. The lowest BCUT2D eigenvalue weighted by atomic mass is 10.1. The fourth-order valence-electron chi connectivity index (χ4n) is 2.64. The highest BCUT2D eigenvalue weighted by Gasteiger charge is 2.23. The Morgan fingerprint density at radius 2 is 1.46 bits per heavy atom. The van der Waals surface area contributed by atoms with Crippen LogP contribution in [0, 0.1) is 0 Å². The minimum absolute atomic E-state index is 0.0142. The van der Waals surface area contributed by atoms with Crippen molar-refractivity contribution in [3.63, 3.8) is 0 Å². The molecule has 26 heavy (non-hydrogen) atoms. The maximum atomic E-state index is 12.9. The molecule has 0 spiro atoms. The topological polar surface area (TPSA) is 46.6 Å². The Balaban J connectivity index is 2.16. The molecule has 8 heteroatoms. The Bertz CT molecular complexity index is 1080. The van der Waals surface area contributed by atoms with Gasteiger partial charge in [-0.15, -0.1) is 0 Å². The summed E-state index contributed by atoms with van der Waals surface area (Å²) in [7, 11) is -0.394. The summed E-state index contributed by atoms with van der Waals surface area (Å²) in [5.41, 5.74) is 0.891. The summed E-state index contributed by atoms with van der Waals surface area (Å²) in [5.74, 6) is -0.154. The van der Waals surface area contributed by atoms with Crippen LogP contribution in [0.1, 0.15) is 0 Å². The summed E-state index contributed by atoms with van der Waals surface area (Å²) in [6.07, 6.45) is 0. The van der Waals surface area contributed by atoms with Crippen molar-refractivity contribution >= 4 is 61.4 Å². The van der Waals surface area contributed by atoms with Crippen molar-refractivity contribution in [2.75, 3.05) is 19.0 Å². The van der Waals surface area contributed by atoms with E-state index in [2.05, 4.69) is 0 Å². The molecule has 0 aliphatic heterocycles. The van der Waals surface area contributed by atoms with Gasteiger partial charge >= 0.3 is 10.1 Å². The van der Waals surface area contributed by atoms with Crippen LogP contribution in [0.5, 0.6) is 5.75 Å². The molecule has 3 aromatic rings. The molecule has 0 aromatic heterocycles. The summed E-state index contributed by atoms with van der Waals surface area (Å²) < 4.78 is 31.0. The first-order chi connectivity index (χ1) is 12.2. The van der Waals surface area contributed by atoms with E-state index in [4.69, 9.17) is 39.0 Å². The highest BCUT2D eigenvalue weighted by Crippen LogP contribution is 2.38. The molecule has 0 amide bonds. The van der Waals surface area contributed by atoms with Crippen LogP contribution in [0.2, 0.25) is 15.1 Å². The Morgan fingerprint density at radius 3 is 2.08 bits per heavy atom. The largest absolute Gasteiger partial charge is 0.377 e. The third kappa shape index (κ3) is 3.58. The van der Waals surface area contributed by atoms with Gasteiger partial charge in [0.1, 0.15) is 4.90 Å². The molecule has 0 aliphatic rings. The van der Waals surface area contributed by atoms with Gasteiger partial charge in [-0.25, -0.2) is 0 Å². The lowest BCUT2D eigenvalue weighted by molar-refractivity contribution is 0.487. The Hall–Kier alpha value is -1.66. The van der Waals surface area contributed by atoms with Crippen molar-refractivity contribution in [1.29, 1.82) is 0 Å². The molecule has 3 rings (SSSR count). The van der Waals surface area contributed by atoms with E-state index in [1.807, 2.05) is 31.1 Å². The molecule has 0 heterocycles. The van der Waals surface area contributed by atoms with Crippen LogP contribution in [0.15, 0.2) is 53.4 Å². The molecule has 0 bridgehead atoms. The van der Waals surface area contributed by atoms with Gasteiger partial charge in [-0.3, -0.25) is 0 Å². The third-order valence-electron chi connectivity index (χ3n) is 3.77. The van der Waals surface area contributed by atoms with Gasteiger partial charge in [-0.1, -0.05) is 59.1 Å². The van der Waals surface area contributed by atoms with E-state index < -0.39 is 10.1 Å². The standard InChI is InChI=1S/C18H14Cl3NO3S/c1-22(2)16-7-3-6-13-12(16)5-4-8-17(13)26(23,24)25-18-14(20)9-11(19)10-15(18)21/h3-10H,1-2H3. The number of hydrogen-bond donors (Lipinski definition) is 0. The van der Waals surface area contributed by atoms with Gasteiger partial charge < -0.3 is 9.08 Å². The number of halogens is 3. The van der Waals surface area contributed by atoms with Gasteiger partial charge in [0.15, 0.2) is 5.75 Å². The fourth-order valence-corrected chi connectivity index (χ4v) is 4.80. The van der Waals surface area contributed by atoms with E-state index in [1.54, 1.807) is 18.2 Å². The van der Waals surface area contributed by atoms with E-state index in [0.29, 0.717) is 5.39 Å². The zero-order valence-electron chi connectivity index (χ0n) is 13.8. The molecule has 0 N–H and O–H groups in total. The molecule has 0 radical (unpaired) electrons. The van der Waals surface area contributed by atoms with E-state index in [0.717, 1.165) is 11.1 Å². The molecule has 4 nitrogen and oxygen atoms in total. The zero-order chi connectivity index (χ0) is 19.1. The summed E-state index contributed by atoms with van der Waals surface area (Å²) in [6.45, 7) is 0. The fraction of sp³-hybridized carbons (Fsp3) is 0.111. The second-order valence-corrected chi connectivity index (χ2v) is 8.52. The first-order valence-electron chi connectivity index (χ1n) is 7.49. The first kappa shape index (κ1) is 19.1. The molecule has 3 aromatic carbocycles. The Morgan fingerprint density at radius 1 is 0.885 bits per heavy atom. The third-order valence-corrected chi connectivity index (χ3v) is 5.83. The van der Waals surface area contributed by atoms with Crippen molar-refractivity contribution in [1.82, 2.24) is 0 Å². The van der Waals surface area contributed by atoms with Crippen molar-refractivity contribution in [3.8, 4) is 5.75 Å². The predicted molar refractivity (Wildman–Crippen MR) is 108 cm³/mol. The average molecular weight is 431 g/mol. The second-order valence-electron chi connectivity index (χ2n) is 5.76. The summed E-state index contributed by atoms with van der Waals surface area (Å²) in [6, 6.07) is 13.2. The predicted octanol–water partition coefficient (Wildman–Crippen LogP) is 5.63. The van der Waals surface area contributed by atoms with E-state index in [1.165, 1.54) is 18.2 Å². The van der Waals surface area contributed by atoms with E-state index in [-0.39, 0.29) is 25.7 Å². The van der Waals surface area contributed by atoms with Crippen LogP contribution in [-0.4, -0.2) is 22.5 Å². The molecule has 0 fully saturated rings. The van der Waals surface area contributed by atoms with Crippen molar-refractivity contribution < 1.29 is 12.6 Å². The molecule has 0 aliphatic carbocycles. The maximum Gasteiger partial charge on any atom is 0.339 e. The van der Waals surface area contributed by atoms with Crippen LogP contribution >= 0.6 is 34.8 Å². The molecule has 136 valence electrons. The number of nitrogens with zero attached hydrogens (tertiary/aromatic N) is 1. The van der Waals surface area contributed by atoms with Crippen LogP contribution < -0.4 is 9.08 Å². The van der Waals surface area contributed by atoms with Gasteiger partial charge in [0.05, 0.1) is 10.0 Å². The van der Waals surface area contributed by atoms with Crippen molar-refractivity contribution in [2.24, 2.45) is 0 Å². The molecule has 0 saturated heterocycles. The van der Waals surface area contributed by atoms with Gasteiger partial charge in [-0.2, -0.15) is 8.42 Å². The minimum Gasteiger partial charge on any atom is -0.377 e. The van der Waals surface area contributed by atoms with Crippen molar-refractivity contribution in [3.05, 3.63) is 63.6 Å². The van der Waals surface area contributed by atoms with E-state index in [9.17, 15) is 8.42 Å². The highest BCUT2D eigenvalue weighted by molar-refractivity contribution is 7.87. The molecular formula is C18H14Cl3NO3S. The minimum atomic E-state index is -4.17.